The molecule has 2 aromatic rings. The first-order valence-electron chi connectivity index (χ1n) is 8.94. The summed E-state index contributed by atoms with van der Waals surface area (Å²) in [7, 11) is -2.58. The number of halogens is 5. The fourth-order valence-corrected chi connectivity index (χ4v) is 5.24. The first-order valence-corrected chi connectivity index (χ1v) is 11.2. The van der Waals surface area contributed by atoms with Crippen molar-refractivity contribution >= 4 is 44.6 Å². The summed E-state index contributed by atoms with van der Waals surface area (Å²) in [5, 5.41) is 0.315. The van der Waals surface area contributed by atoms with Crippen LogP contribution < -0.4 is 9.64 Å². The predicted octanol–water partition coefficient (Wildman–Crippen LogP) is 4.05. The molecule has 0 atom stereocenters. The summed E-state index contributed by atoms with van der Waals surface area (Å²) in [6.45, 7) is -0.180. The maximum absolute atomic E-state index is 13.1. The Balaban J connectivity index is 1.91. The quantitative estimate of drug-likeness (QED) is 0.638. The molecule has 1 aliphatic heterocycles. The molecule has 2 aromatic carbocycles. The summed E-state index contributed by atoms with van der Waals surface area (Å²) in [5.41, 5.74) is 0.385. The van der Waals surface area contributed by atoms with Gasteiger partial charge in [-0.15, -0.1) is 0 Å². The van der Waals surface area contributed by atoms with E-state index in [-0.39, 0.29) is 46.0 Å². The first kappa shape index (κ1) is 23.5. The molecule has 1 amide bonds. The van der Waals surface area contributed by atoms with Crippen molar-refractivity contribution in [3.63, 3.8) is 0 Å². The van der Waals surface area contributed by atoms with Crippen LogP contribution in [-0.2, 0) is 14.6 Å². The van der Waals surface area contributed by atoms with Crippen LogP contribution in [0.25, 0.3) is 0 Å². The molecule has 1 saturated heterocycles. The van der Waals surface area contributed by atoms with Crippen LogP contribution in [0.5, 0.6) is 5.75 Å². The van der Waals surface area contributed by atoms with Gasteiger partial charge in [-0.05, 0) is 36.4 Å². The van der Waals surface area contributed by atoms with Gasteiger partial charge in [0.15, 0.2) is 0 Å². The third-order valence-corrected chi connectivity index (χ3v) is 6.92. The number of benzene rings is 2. The van der Waals surface area contributed by atoms with Gasteiger partial charge in [0.25, 0.3) is 0 Å². The van der Waals surface area contributed by atoms with Gasteiger partial charge in [-0.3, -0.25) is 4.79 Å². The van der Waals surface area contributed by atoms with Crippen molar-refractivity contribution in [3.8, 4) is 5.75 Å². The van der Waals surface area contributed by atoms with Crippen LogP contribution in [0.2, 0.25) is 10.0 Å². The Hall–Kier alpha value is -2.17. The Morgan fingerprint density at radius 3 is 2.06 bits per heavy atom. The summed E-state index contributed by atoms with van der Waals surface area (Å²) in [6.07, 6.45) is -4.94. The number of alkyl halides is 3. The number of methoxy groups -OCH3 is 1. The van der Waals surface area contributed by atoms with E-state index in [1.807, 2.05) is 0 Å². The van der Waals surface area contributed by atoms with Gasteiger partial charge in [-0.1, -0.05) is 23.2 Å². The lowest BCUT2D eigenvalue weighted by atomic mass is 10.2. The van der Waals surface area contributed by atoms with Gasteiger partial charge in [0.1, 0.15) is 5.75 Å². The zero-order valence-corrected chi connectivity index (χ0v) is 18.4. The van der Waals surface area contributed by atoms with Gasteiger partial charge in [0.2, 0.25) is 9.84 Å². The maximum atomic E-state index is 13.1. The Morgan fingerprint density at radius 1 is 0.968 bits per heavy atom. The molecule has 12 heteroatoms. The lowest BCUT2D eigenvalue weighted by Gasteiger charge is -2.36. The van der Waals surface area contributed by atoms with Crippen molar-refractivity contribution in [2.75, 3.05) is 38.2 Å². The Morgan fingerprint density at radius 2 is 1.55 bits per heavy atom. The molecular weight excluding hydrogens is 480 g/mol. The molecule has 0 aliphatic carbocycles. The molecule has 0 bridgehead atoms. The summed E-state index contributed by atoms with van der Waals surface area (Å²) >= 11 is 11.9. The summed E-state index contributed by atoms with van der Waals surface area (Å²) in [5.74, 6) is -1.55. The number of piperazine rings is 1. The van der Waals surface area contributed by atoms with Crippen molar-refractivity contribution in [2.24, 2.45) is 0 Å². The third kappa shape index (κ3) is 5.02. The molecule has 31 heavy (non-hydrogen) atoms. The number of sulfone groups is 1. The molecule has 1 heterocycles. The molecule has 168 valence electrons. The van der Waals surface area contributed by atoms with E-state index in [2.05, 4.69) is 0 Å². The second-order valence-electron chi connectivity index (χ2n) is 6.72. The summed E-state index contributed by atoms with van der Waals surface area (Å²) in [6, 6.07) is 8.15. The zero-order valence-electron chi connectivity index (χ0n) is 16.1. The highest BCUT2D eigenvalue weighted by Gasteiger charge is 2.43. The van der Waals surface area contributed by atoms with Crippen molar-refractivity contribution in [1.29, 1.82) is 0 Å². The second kappa shape index (κ2) is 8.76. The number of anilines is 1. The number of hydrogen-bond donors (Lipinski definition) is 0. The summed E-state index contributed by atoms with van der Waals surface area (Å²) < 4.78 is 69.4. The average Bonchev–Trinajstić information content (AvgIpc) is 2.71. The van der Waals surface area contributed by atoms with Crippen molar-refractivity contribution in [1.82, 2.24) is 4.90 Å². The minimum atomic E-state index is -4.94. The van der Waals surface area contributed by atoms with E-state index in [1.165, 1.54) is 43.5 Å². The normalized spacial score (nSPS) is 15.2. The van der Waals surface area contributed by atoms with E-state index in [1.54, 1.807) is 4.90 Å². The molecule has 0 spiro atoms. The predicted molar refractivity (Wildman–Crippen MR) is 110 cm³/mol. The van der Waals surface area contributed by atoms with Gasteiger partial charge in [-0.2, -0.15) is 13.2 Å². The highest BCUT2D eigenvalue weighted by molar-refractivity contribution is 7.91. The monoisotopic (exact) mass is 496 g/mol. The van der Waals surface area contributed by atoms with Gasteiger partial charge >= 0.3 is 12.1 Å². The standard InChI is InChI=1S/C19H17Cl2F3N2O4S/c1-30-17-3-2-14(31(28,29)15-9-12(20)8-13(21)10-15)11-16(17)25-4-6-26(7-5-25)18(27)19(22,23)24/h2-3,8-11H,4-7H2,1H3. The van der Waals surface area contributed by atoms with Crippen LogP contribution in [0.1, 0.15) is 0 Å². The number of rotatable bonds is 4. The van der Waals surface area contributed by atoms with Crippen LogP contribution in [0, 0.1) is 0 Å². The van der Waals surface area contributed by atoms with E-state index < -0.39 is 21.9 Å². The highest BCUT2D eigenvalue weighted by atomic mass is 35.5. The van der Waals surface area contributed by atoms with Crippen LogP contribution in [0.3, 0.4) is 0 Å². The van der Waals surface area contributed by atoms with E-state index in [0.29, 0.717) is 11.4 Å². The smallest absolute Gasteiger partial charge is 0.471 e. The number of hydrogen-bond acceptors (Lipinski definition) is 5. The van der Waals surface area contributed by atoms with Crippen LogP contribution in [0.4, 0.5) is 18.9 Å². The number of amides is 1. The number of carbonyl (C=O) groups is 1. The lowest BCUT2D eigenvalue weighted by Crippen LogP contribution is -2.52. The van der Waals surface area contributed by atoms with Crippen molar-refractivity contribution in [2.45, 2.75) is 16.0 Å². The van der Waals surface area contributed by atoms with Crippen molar-refractivity contribution < 1.29 is 31.1 Å². The van der Waals surface area contributed by atoms with Gasteiger partial charge in [0.05, 0.1) is 22.6 Å². The molecule has 3 rings (SSSR count). The molecule has 6 nitrogen and oxygen atoms in total. The third-order valence-electron chi connectivity index (χ3n) is 4.76. The molecule has 1 aliphatic rings. The molecular formula is C19H17Cl2F3N2O4S. The average molecular weight is 497 g/mol. The molecule has 0 aromatic heterocycles. The fourth-order valence-electron chi connectivity index (χ4n) is 3.23. The van der Waals surface area contributed by atoms with Gasteiger partial charge in [-0.25, -0.2) is 8.42 Å². The van der Waals surface area contributed by atoms with Crippen LogP contribution >= 0.6 is 23.2 Å². The molecule has 1 fully saturated rings. The van der Waals surface area contributed by atoms with E-state index in [9.17, 15) is 26.4 Å². The highest BCUT2D eigenvalue weighted by Crippen LogP contribution is 2.35. The minimum absolute atomic E-state index is 0.0598. The maximum Gasteiger partial charge on any atom is 0.471 e. The minimum Gasteiger partial charge on any atom is -0.495 e. The van der Waals surface area contributed by atoms with Gasteiger partial charge < -0.3 is 14.5 Å². The fraction of sp³-hybridized carbons (Fsp3) is 0.316. The van der Waals surface area contributed by atoms with Crippen LogP contribution in [-0.4, -0.2) is 58.7 Å². The number of carbonyl (C=O) groups excluding carboxylic acids is 1. The van der Waals surface area contributed by atoms with E-state index in [0.717, 1.165) is 4.90 Å². The largest absolute Gasteiger partial charge is 0.495 e. The number of nitrogens with zero attached hydrogens (tertiary/aromatic N) is 2. The Bertz CT molecular complexity index is 1080. The molecule has 0 N–H and O–H groups in total. The number of ether oxygens (including phenoxy) is 1. The first-order chi connectivity index (χ1) is 14.4. The lowest BCUT2D eigenvalue weighted by molar-refractivity contribution is -0.185. The zero-order chi connectivity index (χ0) is 23.0. The van der Waals surface area contributed by atoms with Crippen LogP contribution in [0.15, 0.2) is 46.2 Å². The van der Waals surface area contributed by atoms with E-state index in [4.69, 9.17) is 27.9 Å². The summed E-state index contributed by atoms with van der Waals surface area (Å²) in [4.78, 5) is 13.7. The molecule has 0 saturated carbocycles. The SMILES string of the molecule is COc1ccc(S(=O)(=O)c2cc(Cl)cc(Cl)c2)cc1N1CCN(C(=O)C(F)(F)F)CC1. The van der Waals surface area contributed by atoms with Crippen molar-refractivity contribution in [3.05, 3.63) is 46.4 Å². The molecule has 0 radical (unpaired) electrons. The topological polar surface area (TPSA) is 66.9 Å². The van der Waals surface area contributed by atoms with E-state index >= 15 is 0 Å². The molecule has 0 unspecified atom stereocenters. The Kier molecular flexibility index (Phi) is 6.64. The second-order valence-corrected chi connectivity index (χ2v) is 9.54. The Labute approximate surface area is 187 Å². The van der Waals surface area contributed by atoms with Gasteiger partial charge in [0, 0.05) is 36.2 Å².